The second-order valence-electron chi connectivity index (χ2n) is 5.87. The maximum Gasteiger partial charge on any atom is 0.333 e. The standard InChI is InChI=1S/C16H24O5/c1-9-6-11-12(15(18)19-3)8-14(17)16(20-4,21-5)13(11)7-10(9)2/h8,11,13-14,17H,6-7H2,1-5H3/t11-,13-,14?/m1/s1. The lowest BCUT2D eigenvalue weighted by molar-refractivity contribution is -0.289. The van der Waals surface area contributed by atoms with Crippen molar-refractivity contribution in [1.29, 1.82) is 0 Å². The Labute approximate surface area is 125 Å². The predicted octanol–water partition coefficient (Wildman–Crippen LogP) is 1.81. The number of aliphatic hydroxyl groups excluding tert-OH is 1. The number of rotatable bonds is 3. The molecule has 1 N–H and O–H groups in total. The maximum absolute atomic E-state index is 12.0. The lowest BCUT2D eigenvalue weighted by Gasteiger charge is -2.49. The fraction of sp³-hybridized carbons (Fsp3) is 0.688. The third-order valence-corrected chi connectivity index (χ3v) is 4.99. The van der Waals surface area contributed by atoms with Gasteiger partial charge in [0.2, 0.25) is 5.79 Å². The van der Waals surface area contributed by atoms with Crippen molar-refractivity contribution >= 4 is 5.97 Å². The van der Waals surface area contributed by atoms with Gasteiger partial charge in [-0.3, -0.25) is 0 Å². The van der Waals surface area contributed by atoms with E-state index >= 15 is 0 Å². The van der Waals surface area contributed by atoms with Gasteiger partial charge in [0, 0.05) is 31.6 Å². The molecule has 0 bridgehead atoms. The van der Waals surface area contributed by atoms with Gasteiger partial charge in [0.15, 0.2) is 0 Å². The molecule has 0 heterocycles. The van der Waals surface area contributed by atoms with E-state index in [-0.39, 0.29) is 11.8 Å². The molecule has 0 saturated heterocycles. The monoisotopic (exact) mass is 296 g/mol. The summed E-state index contributed by atoms with van der Waals surface area (Å²) in [6, 6.07) is 0. The summed E-state index contributed by atoms with van der Waals surface area (Å²) in [7, 11) is 4.42. The number of fused-ring (bicyclic) bond motifs is 1. The first-order chi connectivity index (χ1) is 9.91. The molecule has 0 saturated carbocycles. The summed E-state index contributed by atoms with van der Waals surface area (Å²) in [5, 5.41) is 10.5. The predicted molar refractivity (Wildman–Crippen MR) is 77.4 cm³/mol. The summed E-state index contributed by atoms with van der Waals surface area (Å²) < 4.78 is 16.0. The Kier molecular flexibility index (Phi) is 4.56. The molecule has 2 aliphatic rings. The van der Waals surface area contributed by atoms with Crippen LogP contribution >= 0.6 is 0 Å². The van der Waals surface area contributed by atoms with Crippen LogP contribution < -0.4 is 0 Å². The Morgan fingerprint density at radius 1 is 1.19 bits per heavy atom. The van der Waals surface area contributed by atoms with E-state index in [2.05, 4.69) is 13.8 Å². The molecule has 0 aromatic rings. The van der Waals surface area contributed by atoms with Crippen LogP contribution in [0.4, 0.5) is 0 Å². The number of allylic oxidation sites excluding steroid dienone is 2. The molecular formula is C16H24O5. The minimum Gasteiger partial charge on any atom is -0.466 e. The minimum absolute atomic E-state index is 0.0653. The van der Waals surface area contributed by atoms with Gasteiger partial charge in [-0.05, 0) is 32.8 Å². The van der Waals surface area contributed by atoms with Gasteiger partial charge in [-0.15, -0.1) is 0 Å². The molecule has 118 valence electrons. The van der Waals surface area contributed by atoms with Gasteiger partial charge in [0.25, 0.3) is 0 Å². The number of methoxy groups -OCH3 is 3. The zero-order valence-corrected chi connectivity index (χ0v) is 13.3. The smallest absolute Gasteiger partial charge is 0.333 e. The van der Waals surface area contributed by atoms with Crippen LogP contribution in [0.2, 0.25) is 0 Å². The number of hydrogen-bond donors (Lipinski definition) is 1. The van der Waals surface area contributed by atoms with E-state index in [1.165, 1.54) is 38.6 Å². The summed E-state index contributed by atoms with van der Waals surface area (Å²) in [5.41, 5.74) is 3.04. The Morgan fingerprint density at radius 3 is 2.29 bits per heavy atom. The van der Waals surface area contributed by atoms with E-state index in [0.29, 0.717) is 5.57 Å². The van der Waals surface area contributed by atoms with Gasteiger partial charge in [-0.25, -0.2) is 4.79 Å². The summed E-state index contributed by atoms with van der Waals surface area (Å²) in [6.45, 7) is 4.15. The Morgan fingerprint density at radius 2 is 1.76 bits per heavy atom. The summed E-state index contributed by atoms with van der Waals surface area (Å²) >= 11 is 0. The normalized spacial score (nSPS) is 31.5. The molecule has 2 rings (SSSR count). The van der Waals surface area contributed by atoms with Gasteiger partial charge >= 0.3 is 5.97 Å². The van der Waals surface area contributed by atoms with Crippen LogP contribution in [0.25, 0.3) is 0 Å². The molecule has 0 aliphatic heterocycles. The quantitative estimate of drug-likeness (QED) is 0.489. The average molecular weight is 296 g/mol. The van der Waals surface area contributed by atoms with Gasteiger partial charge in [0.05, 0.1) is 7.11 Å². The van der Waals surface area contributed by atoms with Crippen LogP contribution in [0.5, 0.6) is 0 Å². The molecule has 5 heteroatoms. The van der Waals surface area contributed by atoms with Crippen LogP contribution in [0, 0.1) is 11.8 Å². The molecular weight excluding hydrogens is 272 g/mol. The zero-order valence-electron chi connectivity index (χ0n) is 13.3. The summed E-state index contributed by atoms with van der Waals surface area (Å²) in [4.78, 5) is 12.0. The highest BCUT2D eigenvalue weighted by molar-refractivity contribution is 5.89. The second-order valence-corrected chi connectivity index (χ2v) is 5.87. The fourth-order valence-electron chi connectivity index (χ4n) is 3.64. The van der Waals surface area contributed by atoms with E-state index in [4.69, 9.17) is 14.2 Å². The first-order valence-corrected chi connectivity index (χ1v) is 7.14. The van der Waals surface area contributed by atoms with Gasteiger partial charge in [0.1, 0.15) is 6.10 Å². The first kappa shape index (κ1) is 16.2. The number of esters is 1. The third-order valence-electron chi connectivity index (χ3n) is 4.99. The van der Waals surface area contributed by atoms with Crippen LogP contribution in [0.3, 0.4) is 0 Å². The zero-order chi connectivity index (χ0) is 15.8. The van der Waals surface area contributed by atoms with Crippen LogP contribution in [0.15, 0.2) is 22.8 Å². The molecule has 0 aromatic carbocycles. The first-order valence-electron chi connectivity index (χ1n) is 7.14. The summed E-state index contributed by atoms with van der Waals surface area (Å²) in [5.74, 6) is -1.70. The van der Waals surface area contributed by atoms with Gasteiger partial charge < -0.3 is 19.3 Å². The Bertz CT molecular complexity index is 487. The number of aliphatic hydroxyl groups is 1. The van der Waals surface area contributed by atoms with Gasteiger partial charge in [-0.1, -0.05) is 11.1 Å². The highest BCUT2D eigenvalue weighted by Gasteiger charge is 2.54. The van der Waals surface area contributed by atoms with Crippen LogP contribution in [-0.4, -0.2) is 44.3 Å². The Balaban J connectivity index is 2.53. The fourth-order valence-corrected chi connectivity index (χ4v) is 3.64. The number of carbonyl (C=O) groups excluding carboxylic acids is 1. The van der Waals surface area contributed by atoms with Crippen molar-refractivity contribution in [3.05, 3.63) is 22.8 Å². The molecule has 21 heavy (non-hydrogen) atoms. The van der Waals surface area contributed by atoms with Crippen molar-refractivity contribution in [2.24, 2.45) is 11.8 Å². The lowest BCUT2D eigenvalue weighted by Crippen LogP contribution is -2.58. The van der Waals surface area contributed by atoms with E-state index in [1.54, 1.807) is 0 Å². The van der Waals surface area contributed by atoms with Crippen molar-refractivity contribution in [1.82, 2.24) is 0 Å². The topological polar surface area (TPSA) is 65.0 Å². The maximum atomic E-state index is 12.0. The number of ether oxygens (including phenoxy) is 3. The molecule has 1 unspecified atom stereocenters. The van der Waals surface area contributed by atoms with E-state index in [1.807, 2.05) is 0 Å². The number of hydrogen-bond acceptors (Lipinski definition) is 5. The van der Waals surface area contributed by atoms with Crippen molar-refractivity contribution < 1.29 is 24.1 Å². The lowest BCUT2D eigenvalue weighted by atomic mass is 9.65. The molecule has 3 atom stereocenters. The van der Waals surface area contributed by atoms with Crippen LogP contribution in [0.1, 0.15) is 26.7 Å². The Hall–Kier alpha value is -1.17. The summed E-state index contributed by atoms with van der Waals surface area (Å²) in [6.07, 6.45) is 1.99. The molecule has 0 radical (unpaired) electrons. The minimum atomic E-state index is -1.12. The molecule has 0 amide bonds. The van der Waals surface area contributed by atoms with E-state index in [9.17, 15) is 9.90 Å². The molecule has 0 spiro atoms. The highest BCUT2D eigenvalue weighted by atomic mass is 16.7. The van der Waals surface area contributed by atoms with Crippen molar-refractivity contribution in [2.75, 3.05) is 21.3 Å². The SMILES string of the molecule is COC(=O)C1=CC(O)C(OC)(OC)[C@@H]2CC(C)=C(C)C[C@H]12. The second kappa shape index (κ2) is 5.91. The number of carbonyl (C=O) groups is 1. The molecule has 2 aliphatic carbocycles. The highest BCUT2D eigenvalue weighted by Crippen LogP contribution is 2.49. The van der Waals surface area contributed by atoms with Crippen molar-refractivity contribution in [2.45, 2.75) is 38.6 Å². The largest absolute Gasteiger partial charge is 0.466 e. The average Bonchev–Trinajstić information content (AvgIpc) is 2.48. The third kappa shape index (κ3) is 2.43. The van der Waals surface area contributed by atoms with Crippen LogP contribution in [-0.2, 0) is 19.0 Å². The van der Waals surface area contributed by atoms with Crippen molar-refractivity contribution in [3.8, 4) is 0 Å². The van der Waals surface area contributed by atoms with E-state index in [0.717, 1.165) is 12.8 Å². The van der Waals surface area contributed by atoms with E-state index < -0.39 is 17.9 Å². The van der Waals surface area contributed by atoms with Gasteiger partial charge in [-0.2, -0.15) is 0 Å². The molecule has 0 aromatic heterocycles. The molecule has 5 nitrogen and oxygen atoms in total. The molecule has 0 fully saturated rings. The van der Waals surface area contributed by atoms with Crippen molar-refractivity contribution in [3.63, 3.8) is 0 Å².